The summed E-state index contributed by atoms with van der Waals surface area (Å²) in [5, 5.41) is 11.9. The molecule has 0 unspecified atom stereocenters. The fourth-order valence-electron chi connectivity index (χ4n) is 8.74. The second-order valence-electron chi connectivity index (χ2n) is 15.8. The monoisotopic (exact) mass is 937 g/mol. The number of anilines is 2. The number of amides is 2. The number of aromatic nitrogens is 2. The van der Waals surface area contributed by atoms with E-state index in [1.165, 1.54) is 0 Å². The molecular formula is C47H52IN7O4S. The van der Waals surface area contributed by atoms with Gasteiger partial charge in [0.25, 0.3) is 11.8 Å². The lowest BCUT2D eigenvalue weighted by Gasteiger charge is -2.35. The molecule has 312 valence electrons. The number of hydrogen-bond acceptors (Lipinski definition) is 9. The molecule has 0 saturated carbocycles. The smallest absolute Gasteiger partial charge is 0.256 e. The highest BCUT2D eigenvalue weighted by atomic mass is 127. The molecule has 4 heterocycles. The second-order valence-corrected chi connectivity index (χ2v) is 16.3. The molecule has 0 bridgehead atoms. The van der Waals surface area contributed by atoms with Crippen molar-refractivity contribution in [1.29, 1.82) is 0 Å². The third-order valence-electron chi connectivity index (χ3n) is 12.2. The number of fused-ring (bicyclic) bond motifs is 3. The Bertz CT molecular complexity index is 2650. The number of carbonyl (C=O) groups is 2. The summed E-state index contributed by atoms with van der Waals surface area (Å²) in [6.45, 7) is 18.1. The van der Waals surface area contributed by atoms with Crippen molar-refractivity contribution >= 4 is 74.4 Å². The van der Waals surface area contributed by atoms with E-state index < -0.39 is 0 Å². The first kappa shape index (κ1) is 42.8. The molecule has 4 aromatic carbocycles. The van der Waals surface area contributed by atoms with Gasteiger partial charge in [0.1, 0.15) is 35.2 Å². The number of furan rings is 1. The van der Waals surface area contributed by atoms with Crippen LogP contribution in [0.4, 0.5) is 17.1 Å². The van der Waals surface area contributed by atoms with Gasteiger partial charge in [0.05, 0.1) is 22.7 Å². The van der Waals surface area contributed by atoms with E-state index in [0.29, 0.717) is 54.1 Å². The maximum Gasteiger partial charge on any atom is 0.256 e. The molecule has 13 heteroatoms. The topological polar surface area (TPSA) is 109 Å². The van der Waals surface area contributed by atoms with Crippen LogP contribution in [0.2, 0.25) is 0 Å². The van der Waals surface area contributed by atoms with Gasteiger partial charge in [0, 0.05) is 116 Å². The summed E-state index contributed by atoms with van der Waals surface area (Å²) in [7, 11) is 2.04. The summed E-state index contributed by atoms with van der Waals surface area (Å²) in [5.74, 6) is 0.754. The molecule has 0 aliphatic carbocycles. The Kier molecular flexibility index (Phi) is 12.4. The van der Waals surface area contributed by atoms with E-state index in [4.69, 9.17) is 4.42 Å². The van der Waals surface area contributed by atoms with Crippen LogP contribution in [0.5, 0.6) is 5.75 Å². The Balaban J connectivity index is 0.00000544. The molecule has 0 spiro atoms. The number of benzene rings is 4. The van der Waals surface area contributed by atoms with Crippen LogP contribution < -0.4 is 33.8 Å². The van der Waals surface area contributed by atoms with E-state index in [0.717, 1.165) is 88.3 Å². The van der Waals surface area contributed by atoms with Gasteiger partial charge in [0.15, 0.2) is 5.71 Å². The second kappa shape index (κ2) is 17.4. The molecular weight excluding hydrogens is 886 g/mol. The van der Waals surface area contributed by atoms with Crippen LogP contribution in [0, 0.1) is 0 Å². The van der Waals surface area contributed by atoms with E-state index in [1.54, 1.807) is 4.90 Å². The zero-order chi connectivity index (χ0) is 41.6. The van der Waals surface area contributed by atoms with Crippen LogP contribution in [-0.4, -0.2) is 105 Å². The zero-order valence-electron chi connectivity index (χ0n) is 35.3. The lowest BCUT2D eigenvalue weighted by atomic mass is 9.80. The minimum absolute atomic E-state index is 0. The maximum absolute atomic E-state index is 14.0. The highest BCUT2D eigenvalue weighted by molar-refractivity contribution is 7.00. The lowest BCUT2D eigenvalue weighted by molar-refractivity contribution is -0.401. The summed E-state index contributed by atoms with van der Waals surface area (Å²) in [6.07, 6.45) is 4.02. The minimum atomic E-state index is -0.386. The van der Waals surface area contributed by atoms with Crippen LogP contribution in [0.3, 0.4) is 0 Å². The molecule has 6 aromatic rings. The van der Waals surface area contributed by atoms with Gasteiger partial charge in [-0.3, -0.25) is 9.59 Å². The van der Waals surface area contributed by atoms with Crippen molar-refractivity contribution in [2.75, 3.05) is 69.2 Å². The number of aromatic hydroxyl groups is 1. The summed E-state index contributed by atoms with van der Waals surface area (Å²) < 4.78 is 17.7. The fourth-order valence-corrected chi connectivity index (χ4v) is 9.31. The minimum Gasteiger partial charge on any atom is -1.00 e. The fraction of sp³-hybridized carbons (Fsp3) is 0.340. The van der Waals surface area contributed by atoms with E-state index in [1.807, 2.05) is 72.6 Å². The Morgan fingerprint density at radius 2 is 1.43 bits per heavy atom. The SMILES string of the molecule is CCN(CC)c1ccc(C=CC2=[N+](C)c3ccc(C(=O)N4CCN(C(=O)c5ccc(-c6cc7ccc(N(CC)CC)cc7o6)c6nsnc56)CC4)cc3C2(C)C)c(O)c1.[I-]. The number of piperazine rings is 1. The van der Waals surface area contributed by atoms with Crippen molar-refractivity contribution in [3.8, 4) is 17.1 Å². The molecule has 8 rings (SSSR count). The molecule has 60 heavy (non-hydrogen) atoms. The van der Waals surface area contributed by atoms with Gasteiger partial charge in [-0.25, -0.2) is 0 Å². The number of allylic oxidation sites excluding steroid dienone is 1. The van der Waals surface area contributed by atoms with Crippen molar-refractivity contribution in [3.05, 3.63) is 101 Å². The molecule has 2 aromatic heterocycles. The number of nitrogens with zero attached hydrogens (tertiary/aromatic N) is 7. The number of phenolic OH excluding ortho intramolecular Hbond substituents is 1. The Morgan fingerprint density at radius 3 is 2.10 bits per heavy atom. The molecule has 2 aliphatic rings. The lowest BCUT2D eigenvalue weighted by Crippen LogP contribution is -3.00. The van der Waals surface area contributed by atoms with Gasteiger partial charge in [-0.2, -0.15) is 13.3 Å². The van der Waals surface area contributed by atoms with Gasteiger partial charge >= 0.3 is 0 Å². The third-order valence-corrected chi connectivity index (χ3v) is 12.8. The van der Waals surface area contributed by atoms with Crippen LogP contribution in [-0.2, 0) is 5.41 Å². The van der Waals surface area contributed by atoms with Crippen molar-refractivity contribution in [2.24, 2.45) is 0 Å². The molecule has 1 N–H and O–H groups in total. The number of rotatable bonds is 11. The molecule has 1 fully saturated rings. The molecule has 1 saturated heterocycles. The van der Waals surface area contributed by atoms with E-state index in [-0.39, 0.29) is 47.0 Å². The summed E-state index contributed by atoms with van der Waals surface area (Å²) >= 11 is 1.08. The summed E-state index contributed by atoms with van der Waals surface area (Å²) in [5.41, 5.74) is 9.57. The van der Waals surface area contributed by atoms with Crippen molar-refractivity contribution < 1.29 is 47.7 Å². The van der Waals surface area contributed by atoms with Crippen LogP contribution >= 0.6 is 11.7 Å². The Morgan fingerprint density at radius 1 is 0.800 bits per heavy atom. The largest absolute Gasteiger partial charge is 1.00 e. The quantitative estimate of drug-likeness (QED) is 0.128. The van der Waals surface area contributed by atoms with Crippen LogP contribution in [0.25, 0.3) is 39.4 Å². The molecule has 0 radical (unpaired) electrons. The summed E-state index contributed by atoms with van der Waals surface area (Å²) in [6, 6.07) is 23.8. The first-order valence-corrected chi connectivity index (χ1v) is 21.3. The normalized spacial score (nSPS) is 14.9. The van der Waals surface area contributed by atoms with Crippen molar-refractivity contribution in [2.45, 2.75) is 47.0 Å². The van der Waals surface area contributed by atoms with Gasteiger partial charge in [-0.15, -0.1) is 0 Å². The average Bonchev–Trinajstić information content (AvgIpc) is 3.96. The predicted molar refractivity (Wildman–Crippen MR) is 239 cm³/mol. The number of carbonyl (C=O) groups excluding carboxylic acids is 2. The van der Waals surface area contributed by atoms with Crippen LogP contribution in [0.1, 0.15) is 73.4 Å². The first-order valence-electron chi connectivity index (χ1n) is 20.6. The maximum atomic E-state index is 14.0. The van der Waals surface area contributed by atoms with Crippen molar-refractivity contribution in [1.82, 2.24) is 18.5 Å². The van der Waals surface area contributed by atoms with Crippen LogP contribution in [0.15, 0.2) is 83.3 Å². The van der Waals surface area contributed by atoms with Gasteiger partial charge < -0.3 is 53.1 Å². The van der Waals surface area contributed by atoms with E-state index >= 15 is 0 Å². The number of hydrogen-bond donors (Lipinski definition) is 1. The van der Waals surface area contributed by atoms with E-state index in [9.17, 15) is 14.7 Å². The standard InChI is InChI=1S/C47H51N7O4S.HI/c1-8-51(9-2)33-16-12-30(39(55)28-33)15-21-42-47(5,6)37-26-32(14-20-38(37)50(42)7)45(56)53-22-24-54(25-23-53)46(57)36-19-18-35(43-44(36)49-59-48-43)41-27-31-13-17-34(29-40(31)58-41)52(10-3)11-4;/h12-21,26-29H,8-11,22-25H2,1-7H3;1H. The Labute approximate surface area is 372 Å². The highest BCUT2D eigenvalue weighted by Crippen LogP contribution is 2.41. The average molecular weight is 938 g/mol. The predicted octanol–water partition coefficient (Wildman–Crippen LogP) is 5.82. The van der Waals surface area contributed by atoms with Gasteiger partial charge in [-0.1, -0.05) is 0 Å². The molecule has 2 amide bonds. The van der Waals surface area contributed by atoms with Gasteiger partial charge in [-0.05, 0) is 102 Å². The first-order chi connectivity index (χ1) is 28.5. The molecule has 0 atom stereocenters. The van der Waals surface area contributed by atoms with Crippen molar-refractivity contribution in [3.63, 3.8) is 0 Å². The molecule has 11 nitrogen and oxygen atoms in total. The number of phenols is 1. The zero-order valence-corrected chi connectivity index (χ0v) is 38.3. The number of halogens is 1. The third kappa shape index (κ3) is 7.66. The van der Waals surface area contributed by atoms with Gasteiger partial charge in [0.2, 0.25) is 5.69 Å². The Hall–Kier alpha value is -5.28. The summed E-state index contributed by atoms with van der Waals surface area (Å²) in [4.78, 5) is 36.1. The highest BCUT2D eigenvalue weighted by Gasteiger charge is 2.43. The molecule has 2 aliphatic heterocycles. The van der Waals surface area contributed by atoms with E-state index in [2.05, 4.69) is 88.9 Å².